The molecule has 1 atom stereocenters. The zero-order valence-corrected chi connectivity index (χ0v) is 47.5. The van der Waals surface area contributed by atoms with Crippen LogP contribution < -0.4 is 4.90 Å². The Balaban J connectivity index is 0.961. The summed E-state index contributed by atoms with van der Waals surface area (Å²) in [5, 5.41) is 15.1. The SMILES string of the molecule is CC(C)c1ccc(C(c2ccccc2)c2ccc3c4cc5c(cc4n4c6ccc(-c7ccc8ccccc8c7)cc6c2c34)c2ccc(N(c3ccccc3)c3ccc(C(C)C)cc3)c3c4cc(-c6ccc7ccccc7c6)ccc4n5c23)cc1. The summed E-state index contributed by atoms with van der Waals surface area (Å²) in [6, 6.07) is 101. The summed E-state index contributed by atoms with van der Waals surface area (Å²) in [6.07, 6.45) is 0. The van der Waals surface area contributed by atoms with Gasteiger partial charge >= 0.3 is 0 Å². The van der Waals surface area contributed by atoms with Crippen LogP contribution in [0.3, 0.4) is 0 Å². The first-order valence-electron chi connectivity index (χ1n) is 29.8. The van der Waals surface area contributed by atoms with E-state index in [4.69, 9.17) is 0 Å². The van der Waals surface area contributed by atoms with E-state index in [9.17, 15) is 0 Å². The molecule has 17 rings (SSSR count). The van der Waals surface area contributed by atoms with E-state index in [1.54, 1.807) is 0 Å². The summed E-state index contributed by atoms with van der Waals surface area (Å²) in [4.78, 5) is 2.47. The van der Waals surface area contributed by atoms with Gasteiger partial charge in [-0.25, -0.2) is 0 Å². The average Bonchev–Trinajstić information content (AvgIpc) is 1.57. The molecule has 4 aromatic heterocycles. The van der Waals surface area contributed by atoms with Gasteiger partial charge in [0.05, 0.1) is 38.8 Å². The van der Waals surface area contributed by atoms with Crippen LogP contribution in [0.4, 0.5) is 17.1 Å². The molecule has 0 fully saturated rings. The molecule has 4 heterocycles. The van der Waals surface area contributed by atoms with Crippen LogP contribution in [0.2, 0.25) is 0 Å². The second kappa shape index (κ2) is 18.7. The van der Waals surface area contributed by atoms with Gasteiger partial charge in [-0.1, -0.05) is 216 Å². The van der Waals surface area contributed by atoms with Crippen LogP contribution in [-0.4, -0.2) is 8.80 Å². The molecule has 0 saturated carbocycles. The van der Waals surface area contributed by atoms with E-state index < -0.39 is 0 Å². The summed E-state index contributed by atoms with van der Waals surface area (Å²) in [6.45, 7) is 9.11. The number of hydrogen-bond acceptors (Lipinski definition) is 1. The fourth-order valence-corrected chi connectivity index (χ4v) is 14.4. The summed E-state index contributed by atoms with van der Waals surface area (Å²) < 4.78 is 5.20. The van der Waals surface area contributed by atoms with Crippen molar-refractivity contribution in [1.82, 2.24) is 8.80 Å². The number of benzene rings is 13. The van der Waals surface area contributed by atoms with Gasteiger partial charge in [0, 0.05) is 60.4 Å². The minimum absolute atomic E-state index is 0.00208. The van der Waals surface area contributed by atoms with Gasteiger partial charge in [0.15, 0.2) is 0 Å². The van der Waals surface area contributed by atoms with Gasteiger partial charge in [0.25, 0.3) is 0 Å². The van der Waals surface area contributed by atoms with Crippen LogP contribution in [0.5, 0.6) is 0 Å². The van der Waals surface area contributed by atoms with E-state index in [2.05, 4.69) is 308 Å². The predicted octanol–water partition coefficient (Wildman–Crippen LogP) is 22.5. The minimum Gasteiger partial charge on any atom is -0.310 e. The highest BCUT2D eigenvalue weighted by Crippen LogP contribution is 2.52. The van der Waals surface area contributed by atoms with Crippen molar-refractivity contribution >= 4 is 115 Å². The number of rotatable bonds is 10. The van der Waals surface area contributed by atoms with Gasteiger partial charge < -0.3 is 13.7 Å². The predicted molar refractivity (Wildman–Crippen MR) is 358 cm³/mol. The molecule has 84 heavy (non-hydrogen) atoms. The Bertz CT molecular complexity index is 5070. The van der Waals surface area contributed by atoms with Gasteiger partial charge in [-0.2, -0.15) is 0 Å². The maximum atomic E-state index is 2.61. The fraction of sp³-hybridized carbons (Fsp3) is 0.0864. The zero-order valence-electron chi connectivity index (χ0n) is 47.5. The maximum Gasteiger partial charge on any atom is 0.0641 e. The van der Waals surface area contributed by atoms with Crippen LogP contribution in [-0.2, 0) is 0 Å². The zero-order chi connectivity index (χ0) is 55.9. The van der Waals surface area contributed by atoms with Crippen LogP contribution in [0.25, 0.3) is 120 Å². The Labute approximate surface area is 488 Å². The molecule has 0 aliphatic heterocycles. The van der Waals surface area contributed by atoms with Crippen molar-refractivity contribution in [3.63, 3.8) is 0 Å². The molecular formula is C81H59N3. The van der Waals surface area contributed by atoms with Crippen LogP contribution in [0.1, 0.15) is 73.3 Å². The Morgan fingerprint density at radius 2 is 0.714 bits per heavy atom. The third-order valence-electron chi connectivity index (χ3n) is 18.6. The van der Waals surface area contributed by atoms with Crippen molar-refractivity contribution in [3.05, 3.63) is 295 Å². The van der Waals surface area contributed by atoms with Crippen molar-refractivity contribution in [2.24, 2.45) is 0 Å². The Morgan fingerprint density at radius 3 is 1.27 bits per heavy atom. The first-order chi connectivity index (χ1) is 41.3. The molecule has 1 unspecified atom stereocenters. The Morgan fingerprint density at radius 1 is 0.286 bits per heavy atom. The monoisotopic (exact) mass is 1070 g/mol. The van der Waals surface area contributed by atoms with Crippen LogP contribution in [0.15, 0.2) is 267 Å². The summed E-state index contributed by atoms with van der Waals surface area (Å²) >= 11 is 0. The second-order valence-corrected chi connectivity index (χ2v) is 24.0. The molecule has 398 valence electrons. The summed E-state index contributed by atoms with van der Waals surface area (Å²) in [7, 11) is 0. The number of nitrogens with zero attached hydrogens (tertiary/aromatic N) is 3. The average molecular weight is 1070 g/mol. The highest BCUT2D eigenvalue weighted by Gasteiger charge is 2.29. The van der Waals surface area contributed by atoms with Gasteiger partial charge in [-0.15, -0.1) is 0 Å². The Hall–Kier alpha value is -10.2. The molecule has 0 amide bonds. The lowest BCUT2D eigenvalue weighted by Gasteiger charge is -2.27. The molecule has 0 spiro atoms. The third-order valence-corrected chi connectivity index (χ3v) is 18.6. The number of para-hydroxylation sites is 1. The smallest absolute Gasteiger partial charge is 0.0641 e. The third kappa shape index (κ3) is 7.31. The lowest BCUT2D eigenvalue weighted by Crippen LogP contribution is -2.10. The molecule has 17 aromatic rings. The highest BCUT2D eigenvalue weighted by atomic mass is 15.1. The quantitative estimate of drug-likeness (QED) is 0.124. The number of fused-ring (bicyclic) bond motifs is 14. The Kier molecular flexibility index (Phi) is 10.8. The van der Waals surface area contributed by atoms with E-state index in [1.807, 2.05) is 0 Å². The molecule has 0 N–H and O–H groups in total. The van der Waals surface area contributed by atoms with Gasteiger partial charge in [-0.3, -0.25) is 0 Å². The highest BCUT2D eigenvalue weighted by molar-refractivity contribution is 6.31. The lowest BCUT2D eigenvalue weighted by molar-refractivity contribution is 0.863. The number of anilines is 3. The normalized spacial score (nSPS) is 12.7. The number of hydrogen-bond donors (Lipinski definition) is 0. The molecule has 0 bridgehead atoms. The van der Waals surface area contributed by atoms with Crippen LogP contribution in [0, 0.1) is 0 Å². The van der Waals surface area contributed by atoms with E-state index in [1.165, 1.54) is 148 Å². The van der Waals surface area contributed by atoms with E-state index in [0.717, 1.165) is 17.1 Å². The summed E-state index contributed by atoms with van der Waals surface area (Å²) in [5.74, 6) is 0.874. The first kappa shape index (κ1) is 48.5. The van der Waals surface area contributed by atoms with E-state index in [0.29, 0.717) is 11.8 Å². The van der Waals surface area contributed by atoms with Crippen LogP contribution >= 0.6 is 0 Å². The van der Waals surface area contributed by atoms with Gasteiger partial charge in [-0.05, 0) is 162 Å². The molecule has 3 nitrogen and oxygen atoms in total. The maximum absolute atomic E-state index is 2.61. The van der Waals surface area contributed by atoms with Gasteiger partial charge in [0.1, 0.15) is 0 Å². The summed E-state index contributed by atoms with van der Waals surface area (Å²) in [5.41, 5.74) is 22.2. The molecule has 0 aliphatic carbocycles. The molecule has 0 saturated heterocycles. The van der Waals surface area contributed by atoms with Crippen molar-refractivity contribution < 1.29 is 0 Å². The molecular weight excluding hydrogens is 1010 g/mol. The van der Waals surface area contributed by atoms with Crippen molar-refractivity contribution in [2.45, 2.75) is 45.4 Å². The molecule has 3 heteroatoms. The largest absolute Gasteiger partial charge is 0.310 e. The number of aromatic nitrogens is 2. The van der Waals surface area contributed by atoms with E-state index >= 15 is 0 Å². The van der Waals surface area contributed by atoms with E-state index in [-0.39, 0.29) is 5.92 Å². The first-order valence-corrected chi connectivity index (χ1v) is 29.8. The molecule has 0 aliphatic rings. The van der Waals surface area contributed by atoms with Crippen molar-refractivity contribution in [2.75, 3.05) is 4.90 Å². The standard InChI is InChI=1S/C81H59N3/c1-49(2)51-23-27-56(28-24-51)77(55-17-7-5-8-18-55)67-38-37-65-68-47-76-69(48-75(68)83-72-40-33-61(45-70(72)78(67)80(65)83)59-29-25-53-15-11-13-19-57(53)43-59)66-39-42-74(82(63-21-9-6-10-22-63)64-35-31-52(32-36-64)50(3)4)79-71-46-62(34-41-73(71)84(76)81(66)79)60-30-26-54-16-12-14-20-58(54)44-60/h5-50,77H,1-4H3. The molecule has 0 radical (unpaired) electrons. The second-order valence-electron chi connectivity index (χ2n) is 24.0. The fourth-order valence-electron chi connectivity index (χ4n) is 14.4. The minimum atomic E-state index is 0.00208. The van der Waals surface area contributed by atoms with Crippen molar-refractivity contribution in [3.8, 4) is 22.3 Å². The molecule has 13 aromatic carbocycles. The topological polar surface area (TPSA) is 12.1 Å². The van der Waals surface area contributed by atoms with Gasteiger partial charge in [0.2, 0.25) is 0 Å². The lowest BCUT2D eigenvalue weighted by atomic mass is 9.82. The van der Waals surface area contributed by atoms with Crippen molar-refractivity contribution in [1.29, 1.82) is 0 Å².